The first-order valence-electron chi connectivity index (χ1n) is 4.46. The second-order valence-electron chi connectivity index (χ2n) is 3.17. The van der Waals surface area contributed by atoms with Gasteiger partial charge >= 0.3 is 12.5 Å². The number of carbonyl (C=O) groups excluding carboxylic acids is 1. The Labute approximate surface area is 107 Å². The van der Waals surface area contributed by atoms with Crippen LogP contribution in [0.5, 0.6) is 5.88 Å². The molecule has 0 radical (unpaired) electrons. The first kappa shape index (κ1) is 15.5. The molecule has 0 bridgehead atoms. The minimum atomic E-state index is -5.19. The van der Waals surface area contributed by atoms with Crippen molar-refractivity contribution in [2.24, 2.45) is 0 Å². The van der Waals surface area contributed by atoms with Crippen LogP contribution < -0.4 is 4.74 Å². The molecule has 10 heteroatoms. The van der Waals surface area contributed by atoms with Crippen LogP contribution >= 0.6 is 11.6 Å². The van der Waals surface area contributed by atoms with E-state index in [1.807, 2.05) is 0 Å². The van der Waals surface area contributed by atoms with Crippen molar-refractivity contribution >= 4 is 17.9 Å². The summed E-state index contributed by atoms with van der Waals surface area (Å²) < 4.78 is 77.0. The van der Waals surface area contributed by atoms with Crippen molar-refractivity contribution in [2.75, 3.05) is 0 Å². The number of rotatable bonds is 3. The van der Waals surface area contributed by atoms with Gasteiger partial charge in [-0.3, -0.25) is 4.79 Å². The number of ether oxygens (including phenoxy) is 1. The normalized spacial score (nSPS) is 12.4. The summed E-state index contributed by atoms with van der Waals surface area (Å²) in [5, 5.41) is 0. The van der Waals surface area contributed by atoms with Gasteiger partial charge in [0.15, 0.2) is 6.29 Å². The van der Waals surface area contributed by atoms with E-state index in [2.05, 4.69) is 9.72 Å². The number of hydrogen-bond acceptors (Lipinski definition) is 3. The molecule has 1 aromatic rings. The van der Waals surface area contributed by atoms with Gasteiger partial charge in [-0.15, -0.1) is 24.8 Å². The van der Waals surface area contributed by atoms with E-state index in [1.54, 1.807) is 0 Å². The molecule has 0 aliphatic rings. The molecule has 3 nitrogen and oxygen atoms in total. The molecule has 0 fully saturated rings. The van der Waals surface area contributed by atoms with Crippen LogP contribution in [0.15, 0.2) is 6.20 Å². The van der Waals surface area contributed by atoms with Crippen molar-refractivity contribution in [1.82, 2.24) is 4.98 Å². The van der Waals surface area contributed by atoms with Crippen LogP contribution in [0, 0.1) is 0 Å². The topological polar surface area (TPSA) is 39.2 Å². The van der Waals surface area contributed by atoms with Crippen molar-refractivity contribution < 1.29 is 35.9 Å². The predicted molar refractivity (Wildman–Crippen MR) is 50.9 cm³/mol. The van der Waals surface area contributed by atoms with Crippen molar-refractivity contribution in [3.05, 3.63) is 22.9 Å². The molecule has 0 saturated carbocycles. The number of alkyl halides is 7. The summed E-state index contributed by atoms with van der Waals surface area (Å²) in [7, 11) is 0. The third-order valence-electron chi connectivity index (χ3n) is 1.96. The summed E-state index contributed by atoms with van der Waals surface area (Å²) >= 11 is 5.24. The van der Waals surface area contributed by atoms with Crippen LogP contribution in [0.3, 0.4) is 0 Å². The number of nitrogens with zero attached hydrogens (tertiary/aromatic N) is 1. The zero-order chi connectivity index (χ0) is 14.8. The van der Waals surface area contributed by atoms with Crippen LogP contribution in [0.1, 0.15) is 21.5 Å². The van der Waals surface area contributed by atoms with Crippen molar-refractivity contribution in [2.45, 2.75) is 18.4 Å². The first-order chi connectivity index (χ1) is 8.60. The molecule has 1 heterocycles. The maximum Gasteiger partial charge on any atom is 0.574 e. The highest BCUT2D eigenvalue weighted by atomic mass is 35.5. The van der Waals surface area contributed by atoms with Crippen molar-refractivity contribution in [1.29, 1.82) is 0 Å². The van der Waals surface area contributed by atoms with E-state index in [4.69, 9.17) is 11.6 Å². The molecule has 0 atom stereocenters. The summed E-state index contributed by atoms with van der Waals surface area (Å²) in [5.41, 5.74) is -3.19. The van der Waals surface area contributed by atoms with E-state index in [0.29, 0.717) is 0 Å². The molecular formula is C9H4ClF6NO2. The standard InChI is InChI=1S/C9H4ClF6NO2/c10-1-4-5(3-18)7(19-9(14,15)16)17-2-6(4)8(11,12)13/h2-3H,1H2. The quantitative estimate of drug-likeness (QED) is 0.487. The lowest BCUT2D eigenvalue weighted by Crippen LogP contribution is -2.21. The molecule has 0 unspecified atom stereocenters. The van der Waals surface area contributed by atoms with E-state index >= 15 is 0 Å². The summed E-state index contributed by atoms with van der Waals surface area (Å²) in [4.78, 5) is 13.5. The lowest BCUT2D eigenvalue weighted by Gasteiger charge is -2.16. The minimum Gasteiger partial charge on any atom is -0.387 e. The summed E-state index contributed by atoms with van der Waals surface area (Å²) in [6.07, 6.45) is -10.2. The summed E-state index contributed by atoms with van der Waals surface area (Å²) in [5.74, 6) is -2.09. The molecule has 0 amide bonds. The van der Waals surface area contributed by atoms with Crippen molar-refractivity contribution in [3.8, 4) is 5.88 Å². The van der Waals surface area contributed by atoms with Gasteiger partial charge in [-0.2, -0.15) is 13.2 Å². The minimum absolute atomic E-state index is 0.131. The van der Waals surface area contributed by atoms with Gasteiger partial charge in [0.25, 0.3) is 0 Å². The fourth-order valence-electron chi connectivity index (χ4n) is 1.25. The Morgan fingerprint density at radius 1 is 1.26 bits per heavy atom. The molecule has 0 aliphatic carbocycles. The number of halogens is 7. The third-order valence-corrected chi connectivity index (χ3v) is 2.23. The summed E-state index contributed by atoms with van der Waals surface area (Å²) in [6.45, 7) is 0. The zero-order valence-electron chi connectivity index (χ0n) is 8.77. The number of hydrogen-bond donors (Lipinski definition) is 0. The van der Waals surface area contributed by atoms with Gasteiger partial charge in [0.2, 0.25) is 5.88 Å². The largest absolute Gasteiger partial charge is 0.574 e. The Balaban J connectivity index is 3.43. The highest BCUT2D eigenvalue weighted by molar-refractivity contribution is 6.17. The second-order valence-corrected chi connectivity index (χ2v) is 3.43. The van der Waals surface area contributed by atoms with E-state index < -0.39 is 41.0 Å². The van der Waals surface area contributed by atoms with Gasteiger partial charge < -0.3 is 4.74 Å². The molecule has 0 spiro atoms. The van der Waals surface area contributed by atoms with Gasteiger partial charge in [-0.05, 0) is 5.56 Å². The van der Waals surface area contributed by atoms with Gasteiger partial charge in [-0.25, -0.2) is 4.98 Å². The SMILES string of the molecule is O=Cc1c(OC(F)(F)F)ncc(C(F)(F)F)c1CCl. The van der Waals surface area contributed by atoms with E-state index in [1.165, 1.54) is 0 Å². The maximum atomic E-state index is 12.5. The lowest BCUT2D eigenvalue weighted by atomic mass is 10.1. The third kappa shape index (κ3) is 3.72. The van der Waals surface area contributed by atoms with Crippen LogP contribution in [-0.2, 0) is 12.1 Å². The Bertz CT molecular complexity index is 485. The van der Waals surface area contributed by atoms with E-state index in [0.717, 1.165) is 0 Å². The van der Waals surface area contributed by atoms with Gasteiger partial charge in [0.1, 0.15) is 0 Å². The highest BCUT2D eigenvalue weighted by Crippen LogP contribution is 2.36. The fourth-order valence-corrected chi connectivity index (χ4v) is 1.53. The average molecular weight is 308 g/mol. The average Bonchev–Trinajstić information content (AvgIpc) is 2.24. The molecule has 0 aromatic carbocycles. The molecule has 0 aliphatic heterocycles. The van der Waals surface area contributed by atoms with Crippen LogP contribution in [0.2, 0.25) is 0 Å². The van der Waals surface area contributed by atoms with E-state index in [-0.39, 0.29) is 12.5 Å². The van der Waals surface area contributed by atoms with E-state index in [9.17, 15) is 31.1 Å². The predicted octanol–water partition coefficient (Wildman–Crippen LogP) is 3.55. The first-order valence-corrected chi connectivity index (χ1v) is 4.99. The Morgan fingerprint density at radius 2 is 1.84 bits per heavy atom. The molecule has 19 heavy (non-hydrogen) atoms. The smallest absolute Gasteiger partial charge is 0.387 e. The molecule has 1 rings (SSSR count). The second kappa shape index (κ2) is 5.24. The van der Waals surface area contributed by atoms with Gasteiger partial charge in [0, 0.05) is 12.1 Å². The molecule has 1 aromatic heterocycles. The van der Waals surface area contributed by atoms with Gasteiger partial charge in [0.05, 0.1) is 11.1 Å². The molecule has 0 saturated heterocycles. The number of carbonyl (C=O) groups is 1. The highest BCUT2D eigenvalue weighted by Gasteiger charge is 2.38. The molecule has 0 N–H and O–H groups in total. The van der Waals surface area contributed by atoms with Crippen LogP contribution in [0.25, 0.3) is 0 Å². The summed E-state index contributed by atoms with van der Waals surface area (Å²) in [6, 6.07) is 0. The monoisotopic (exact) mass is 307 g/mol. The van der Waals surface area contributed by atoms with Crippen LogP contribution in [-0.4, -0.2) is 17.6 Å². The molecular weight excluding hydrogens is 304 g/mol. The fraction of sp³-hybridized carbons (Fsp3) is 0.333. The number of aldehydes is 1. The lowest BCUT2D eigenvalue weighted by molar-refractivity contribution is -0.276. The van der Waals surface area contributed by atoms with Crippen LogP contribution in [0.4, 0.5) is 26.3 Å². The Morgan fingerprint density at radius 3 is 2.21 bits per heavy atom. The Hall–Kier alpha value is -1.51. The maximum absolute atomic E-state index is 12.5. The Kier molecular flexibility index (Phi) is 4.28. The molecule has 106 valence electrons. The zero-order valence-corrected chi connectivity index (χ0v) is 9.53. The van der Waals surface area contributed by atoms with Gasteiger partial charge in [-0.1, -0.05) is 0 Å². The van der Waals surface area contributed by atoms with Crippen molar-refractivity contribution in [3.63, 3.8) is 0 Å². The number of pyridine rings is 1. The number of aromatic nitrogens is 1.